The van der Waals surface area contributed by atoms with Crippen molar-refractivity contribution in [2.75, 3.05) is 4.72 Å². The maximum atomic E-state index is 14.1. The van der Waals surface area contributed by atoms with Gasteiger partial charge in [0.1, 0.15) is 21.7 Å². The normalized spacial score (nSPS) is 12.1. The third-order valence-electron chi connectivity index (χ3n) is 3.48. The zero-order chi connectivity index (χ0) is 16.9. The average molecular weight is 367 g/mol. The van der Waals surface area contributed by atoms with Gasteiger partial charge in [0.2, 0.25) is 0 Å². The number of halogens is 2. The average Bonchev–Trinajstić information content (AvgIpc) is 3.13. The van der Waals surface area contributed by atoms with E-state index >= 15 is 0 Å². The van der Waals surface area contributed by atoms with Gasteiger partial charge in [0, 0.05) is 28.2 Å². The van der Waals surface area contributed by atoms with Crippen molar-refractivity contribution in [1.29, 1.82) is 0 Å². The van der Waals surface area contributed by atoms with Crippen molar-refractivity contribution in [3.8, 4) is 0 Å². The van der Waals surface area contributed by atoms with E-state index in [1.165, 1.54) is 12.3 Å². The highest BCUT2D eigenvalue weighted by atomic mass is 35.5. The van der Waals surface area contributed by atoms with Crippen LogP contribution in [0, 0.1) is 5.82 Å². The van der Waals surface area contributed by atoms with Crippen molar-refractivity contribution in [1.82, 2.24) is 15.3 Å². The molecule has 4 aromatic rings. The van der Waals surface area contributed by atoms with Crippen LogP contribution in [0.5, 0.6) is 0 Å². The van der Waals surface area contributed by atoms with Crippen LogP contribution in [0.3, 0.4) is 0 Å². The van der Waals surface area contributed by atoms with Crippen LogP contribution in [0.1, 0.15) is 0 Å². The number of aromatic nitrogens is 3. The number of hydrogen-bond acceptors (Lipinski definition) is 5. The van der Waals surface area contributed by atoms with E-state index in [0.717, 1.165) is 6.07 Å². The Kier molecular flexibility index (Phi) is 3.22. The van der Waals surface area contributed by atoms with Crippen LogP contribution in [-0.4, -0.2) is 23.7 Å². The lowest BCUT2D eigenvalue weighted by Crippen LogP contribution is -2.13. The molecule has 0 aliphatic heterocycles. The SMILES string of the molecule is O=S(=O)(Nc1cc2nonc2cc1F)c1c[nH]c2cc(Cl)ccc12. The third kappa shape index (κ3) is 2.38. The standard InChI is InChI=1S/C14H8ClFN4O3S/c15-7-1-2-8-10(3-7)17-6-14(8)24(21,22)20-11-5-13-12(4-9(11)16)18-23-19-13/h1-6,17,20H. The summed E-state index contributed by atoms with van der Waals surface area (Å²) < 4.78 is 46.0. The van der Waals surface area contributed by atoms with E-state index in [0.29, 0.717) is 15.9 Å². The maximum Gasteiger partial charge on any atom is 0.264 e. The van der Waals surface area contributed by atoms with Crippen molar-refractivity contribution in [2.45, 2.75) is 4.90 Å². The zero-order valence-corrected chi connectivity index (χ0v) is 13.3. The molecule has 0 fully saturated rings. The summed E-state index contributed by atoms with van der Waals surface area (Å²) in [5.41, 5.74) is 0.734. The molecule has 0 aliphatic rings. The van der Waals surface area contributed by atoms with Gasteiger partial charge in [-0.15, -0.1) is 0 Å². The van der Waals surface area contributed by atoms with Crippen LogP contribution >= 0.6 is 11.6 Å². The molecule has 2 N–H and O–H groups in total. The Hall–Kier alpha value is -2.65. The summed E-state index contributed by atoms with van der Waals surface area (Å²) in [6.45, 7) is 0. The van der Waals surface area contributed by atoms with Gasteiger partial charge in [0.05, 0.1) is 5.69 Å². The molecular formula is C14H8ClFN4O3S. The highest BCUT2D eigenvalue weighted by Crippen LogP contribution is 2.28. The first kappa shape index (κ1) is 14.9. The van der Waals surface area contributed by atoms with Crippen LogP contribution < -0.4 is 4.72 Å². The van der Waals surface area contributed by atoms with Crippen LogP contribution in [0.15, 0.2) is 46.1 Å². The summed E-state index contributed by atoms with van der Waals surface area (Å²) in [5, 5.41) is 7.97. The molecule has 24 heavy (non-hydrogen) atoms. The van der Waals surface area contributed by atoms with Crippen LogP contribution in [-0.2, 0) is 10.0 Å². The van der Waals surface area contributed by atoms with Gasteiger partial charge < -0.3 is 4.98 Å². The minimum absolute atomic E-state index is 0.0214. The molecular weight excluding hydrogens is 359 g/mol. The fourth-order valence-corrected chi connectivity index (χ4v) is 3.79. The molecule has 0 aliphatic carbocycles. The molecule has 0 atom stereocenters. The summed E-state index contributed by atoms with van der Waals surface area (Å²) in [7, 11) is -4.03. The van der Waals surface area contributed by atoms with E-state index in [1.54, 1.807) is 18.2 Å². The van der Waals surface area contributed by atoms with Gasteiger partial charge in [-0.2, -0.15) is 0 Å². The number of nitrogens with zero attached hydrogens (tertiary/aromatic N) is 2. The number of sulfonamides is 1. The fraction of sp³-hybridized carbons (Fsp3) is 0. The molecule has 0 unspecified atom stereocenters. The number of H-pyrrole nitrogens is 1. The fourth-order valence-electron chi connectivity index (χ4n) is 2.38. The second-order valence-corrected chi connectivity index (χ2v) is 7.12. The van der Waals surface area contributed by atoms with Gasteiger partial charge in [-0.05, 0) is 34.6 Å². The van der Waals surface area contributed by atoms with Crippen LogP contribution in [0.4, 0.5) is 10.1 Å². The summed E-state index contributed by atoms with van der Waals surface area (Å²) in [6, 6.07) is 7.00. The Labute approximate surface area is 139 Å². The van der Waals surface area contributed by atoms with Crippen molar-refractivity contribution >= 4 is 49.2 Å². The van der Waals surface area contributed by atoms with Gasteiger partial charge in [-0.1, -0.05) is 11.6 Å². The minimum atomic E-state index is -4.03. The molecule has 2 heterocycles. The van der Waals surface area contributed by atoms with E-state index in [4.69, 9.17) is 11.6 Å². The maximum absolute atomic E-state index is 14.1. The molecule has 0 radical (unpaired) electrons. The van der Waals surface area contributed by atoms with E-state index in [9.17, 15) is 12.8 Å². The summed E-state index contributed by atoms with van der Waals surface area (Å²) in [4.78, 5) is 2.80. The predicted molar refractivity (Wildman–Crippen MR) is 85.9 cm³/mol. The largest absolute Gasteiger partial charge is 0.360 e. The minimum Gasteiger partial charge on any atom is -0.360 e. The van der Waals surface area contributed by atoms with Crippen molar-refractivity contribution in [3.63, 3.8) is 0 Å². The monoisotopic (exact) mass is 366 g/mol. The Morgan fingerprint density at radius 3 is 2.71 bits per heavy atom. The third-order valence-corrected chi connectivity index (χ3v) is 5.12. The molecule has 2 aromatic carbocycles. The van der Waals surface area contributed by atoms with Gasteiger partial charge in [-0.25, -0.2) is 17.4 Å². The smallest absolute Gasteiger partial charge is 0.264 e. The zero-order valence-electron chi connectivity index (χ0n) is 11.7. The molecule has 0 saturated heterocycles. The lowest BCUT2D eigenvalue weighted by atomic mass is 10.2. The topological polar surface area (TPSA) is 101 Å². The highest BCUT2D eigenvalue weighted by molar-refractivity contribution is 7.93. The van der Waals surface area contributed by atoms with Gasteiger partial charge >= 0.3 is 0 Å². The number of hydrogen-bond donors (Lipinski definition) is 2. The number of nitrogens with one attached hydrogen (secondary N) is 2. The predicted octanol–water partition coefficient (Wildman–Crippen LogP) is 3.30. The van der Waals surface area contributed by atoms with E-state index in [2.05, 4.69) is 24.6 Å². The van der Waals surface area contributed by atoms with Crippen molar-refractivity contribution < 1.29 is 17.4 Å². The Balaban J connectivity index is 1.80. The molecule has 0 bridgehead atoms. The number of fused-ring (bicyclic) bond motifs is 2. The van der Waals surface area contributed by atoms with Gasteiger partial charge in [-0.3, -0.25) is 4.72 Å². The van der Waals surface area contributed by atoms with Crippen LogP contribution in [0.25, 0.3) is 21.9 Å². The number of benzene rings is 2. The summed E-state index contributed by atoms with van der Waals surface area (Å²) in [5.74, 6) is -0.787. The summed E-state index contributed by atoms with van der Waals surface area (Å²) >= 11 is 5.88. The Morgan fingerprint density at radius 2 is 1.92 bits per heavy atom. The van der Waals surface area contributed by atoms with Gasteiger partial charge in [0.15, 0.2) is 0 Å². The molecule has 10 heteroatoms. The first-order chi connectivity index (χ1) is 11.4. The number of rotatable bonds is 3. The van der Waals surface area contributed by atoms with E-state index in [-0.39, 0.29) is 21.6 Å². The molecule has 7 nitrogen and oxygen atoms in total. The van der Waals surface area contributed by atoms with Crippen molar-refractivity contribution in [3.05, 3.63) is 47.4 Å². The Morgan fingerprint density at radius 1 is 1.17 bits per heavy atom. The second-order valence-electron chi connectivity index (χ2n) is 5.03. The molecule has 0 spiro atoms. The lowest BCUT2D eigenvalue weighted by molar-refractivity contribution is 0.315. The molecule has 4 rings (SSSR count). The lowest BCUT2D eigenvalue weighted by Gasteiger charge is -2.08. The Bertz CT molecular complexity index is 1190. The van der Waals surface area contributed by atoms with Crippen molar-refractivity contribution in [2.24, 2.45) is 0 Å². The van der Waals surface area contributed by atoms with E-state index in [1.807, 2.05) is 0 Å². The van der Waals surface area contributed by atoms with E-state index < -0.39 is 15.8 Å². The first-order valence-corrected chi connectivity index (χ1v) is 8.51. The molecule has 2 aromatic heterocycles. The molecule has 122 valence electrons. The highest BCUT2D eigenvalue weighted by Gasteiger charge is 2.21. The molecule has 0 saturated carbocycles. The number of aromatic amines is 1. The summed E-state index contributed by atoms with van der Waals surface area (Å²) in [6.07, 6.45) is 1.32. The quantitative estimate of drug-likeness (QED) is 0.579. The first-order valence-electron chi connectivity index (χ1n) is 6.65. The van der Waals surface area contributed by atoms with Gasteiger partial charge in [0.25, 0.3) is 10.0 Å². The molecule has 0 amide bonds. The van der Waals surface area contributed by atoms with Crippen LogP contribution in [0.2, 0.25) is 5.02 Å². The number of anilines is 1. The second kappa shape index (κ2) is 5.18.